The molecule has 0 saturated carbocycles. The molecule has 116 valence electrons. The number of nitrogens with zero attached hydrogens (tertiary/aromatic N) is 2. The SMILES string of the molecule is COCCN(CC1CCCN1)C(=O)c1csc([N+](=O)[O-])c1. The molecule has 0 spiro atoms. The lowest BCUT2D eigenvalue weighted by atomic mass is 10.2. The molecule has 1 fully saturated rings. The van der Waals surface area contributed by atoms with Crippen LogP contribution in [0.1, 0.15) is 23.2 Å². The average molecular weight is 313 g/mol. The van der Waals surface area contributed by atoms with Crippen molar-refractivity contribution < 1.29 is 14.5 Å². The second-order valence-corrected chi connectivity index (χ2v) is 5.86. The van der Waals surface area contributed by atoms with Gasteiger partial charge < -0.3 is 15.0 Å². The quantitative estimate of drug-likeness (QED) is 0.609. The third-order valence-corrected chi connectivity index (χ3v) is 4.35. The molecule has 2 heterocycles. The van der Waals surface area contributed by atoms with E-state index < -0.39 is 4.92 Å². The van der Waals surface area contributed by atoms with Crippen molar-refractivity contribution in [2.24, 2.45) is 0 Å². The van der Waals surface area contributed by atoms with Crippen LogP contribution in [0.4, 0.5) is 5.00 Å². The van der Waals surface area contributed by atoms with Gasteiger partial charge in [0.15, 0.2) is 0 Å². The number of rotatable bonds is 7. The first-order valence-corrected chi connectivity index (χ1v) is 7.74. The third kappa shape index (κ3) is 4.23. The van der Waals surface area contributed by atoms with Gasteiger partial charge in [-0.05, 0) is 19.4 Å². The molecule has 1 aliphatic heterocycles. The summed E-state index contributed by atoms with van der Waals surface area (Å²) in [4.78, 5) is 24.5. The first kappa shape index (κ1) is 15.9. The fourth-order valence-electron chi connectivity index (χ4n) is 2.37. The molecular formula is C13H19N3O4S. The van der Waals surface area contributed by atoms with E-state index in [1.807, 2.05) is 0 Å². The summed E-state index contributed by atoms with van der Waals surface area (Å²) in [6.07, 6.45) is 2.15. The van der Waals surface area contributed by atoms with E-state index >= 15 is 0 Å². The summed E-state index contributed by atoms with van der Waals surface area (Å²) >= 11 is 0.977. The van der Waals surface area contributed by atoms with Gasteiger partial charge in [-0.3, -0.25) is 14.9 Å². The summed E-state index contributed by atoms with van der Waals surface area (Å²) in [5, 5.41) is 15.6. The number of methoxy groups -OCH3 is 1. The standard InChI is InChI=1S/C13H19N3O4S/c1-20-6-5-15(8-11-3-2-4-14-11)13(17)10-7-12(16(18)19)21-9-10/h7,9,11,14H,2-6,8H2,1H3. The lowest BCUT2D eigenvalue weighted by Crippen LogP contribution is -2.42. The Hall–Kier alpha value is -1.51. The Bertz CT molecular complexity index is 499. The van der Waals surface area contributed by atoms with Crippen LogP contribution in [-0.2, 0) is 4.74 Å². The summed E-state index contributed by atoms with van der Waals surface area (Å²) in [7, 11) is 1.59. The minimum absolute atomic E-state index is 0.0102. The van der Waals surface area contributed by atoms with Crippen LogP contribution in [0.5, 0.6) is 0 Å². The fraction of sp³-hybridized carbons (Fsp3) is 0.615. The number of carbonyl (C=O) groups excluding carboxylic acids is 1. The smallest absolute Gasteiger partial charge is 0.324 e. The van der Waals surface area contributed by atoms with Crippen LogP contribution < -0.4 is 5.32 Å². The Morgan fingerprint density at radius 2 is 2.48 bits per heavy atom. The van der Waals surface area contributed by atoms with E-state index in [1.54, 1.807) is 17.4 Å². The first-order chi connectivity index (χ1) is 10.1. The van der Waals surface area contributed by atoms with Crippen LogP contribution in [0.2, 0.25) is 0 Å². The molecule has 1 N–H and O–H groups in total. The van der Waals surface area contributed by atoms with Crippen molar-refractivity contribution in [1.29, 1.82) is 0 Å². The zero-order valence-electron chi connectivity index (χ0n) is 11.9. The summed E-state index contributed by atoms with van der Waals surface area (Å²) < 4.78 is 5.05. The van der Waals surface area contributed by atoms with Crippen molar-refractivity contribution in [2.45, 2.75) is 18.9 Å². The molecule has 7 nitrogen and oxygen atoms in total. The van der Waals surface area contributed by atoms with Crippen molar-refractivity contribution in [3.05, 3.63) is 27.1 Å². The molecule has 1 unspecified atom stereocenters. The molecule has 1 aromatic rings. The molecule has 1 atom stereocenters. The molecule has 1 aromatic heterocycles. The number of ether oxygens (including phenoxy) is 1. The van der Waals surface area contributed by atoms with Gasteiger partial charge in [0.25, 0.3) is 5.91 Å². The van der Waals surface area contributed by atoms with Crippen LogP contribution in [0.3, 0.4) is 0 Å². The number of carbonyl (C=O) groups is 1. The van der Waals surface area contributed by atoms with Gasteiger partial charge in [-0.25, -0.2) is 0 Å². The Morgan fingerprint density at radius 3 is 3.05 bits per heavy atom. The summed E-state index contributed by atoms with van der Waals surface area (Å²) in [6, 6.07) is 1.63. The van der Waals surface area contributed by atoms with Crippen molar-refractivity contribution in [3.63, 3.8) is 0 Å². The van der Waals surface area contributed by atoms with Crippen LogP contribution in [-0.4, -0.2) is 55.1 Å². The van der Waals surface area contributed by atoms with Crippen molar-refractivity contribution >= 4 is 22.2 Å². The third-order valence-electron chi connectivity index (χ3n) is 3.47. The zero-order valence-corrected chi connectivity index (χ0v) is 12.7. The molecule has 1 amide bonds. The van der Waals surface area contributed by atoms with Gasteiger partial charge in [-0.1, -0.05) is 11.3 Å². The predicted octanol–water partition coefficient (Wildman–Crippen LogP) is 1.50. The van der Waals surface area contributed by atoms with E-state index in [1.165, 1.54) is 6.07 Å². The Kier molecular flexibility index (Phi) is 5.66. The highest BCUT2D eigenvalue weighted by molar-refractivity contribution is 7.13. The number of nitrogens with one attached hydrogen (secondary N) is 1. The van der Waals surface area contributed by atoms with Crippen molar-refractivity contribution in [1.82, 2.24) is 10.2 Å². The van der Waals surface area contributed by atoms with Crippen LogP contribution in [0.25, 0.3) is 0 Å². The van der Waals surface area contributed by atoms with Gasteiger partial charge in [0.1, 0.15) is 0 Å². The molecule has 0 bridgehead atoms. The molecular weight excluding hydrogens is 294 g/mol. The lowest BCUT2D eigenvalue weighted by Gasteiger charge is -2.25. The minimum Gasteiger partial charge on any atom is -0.383 e. The van der Waals surface area contributed by atoms with E-state index in [2.05, 4.69) is 5.32 Å². The maximum Gasteiger partial charge on any atom is 0.324 e. The van der Waals surface area contributed by atoms with E-state index in [4.69, 9.17) is 4.74 Å². The minimum atomic E-state index is -0.473. The summed E-state index contributed by atoms with van der Waals surface area (Å²) in [5.41, 5.74) is 0.376. The van der Waals surface area contributed by atoms with E-state index in [-0.39, 0.29) is 10.9 Å². The van der Waals surface area contributed by atoms with Crippen LogP contribution in [0, 0.1) is 10.1 Å². The number of hydrogen-bond acceptors (Lipinski definition) is 6. The number of nitro groups is 1. The van der Waals surface area contributed by atoms with Gasteiger partial charge in [0, 0.05) is 37.7 Å². The topological polar surface area (TPSA) is 84.7 Å². The highest BCUT2D eigenvalue weighted by Crippen LogP contribution is 2.23. The molecule has 0 radical (unpaired) electrons. The van der Waals surface area contributed by atoms with Gasteiger partial charge in [0.05, 0.1) is 17.1 Å². The largest absolute Gasteiger partial charge is 0.383 e. The fourth-order valence-corrected chi connectivity index (χ4v) is 3.07. The molecule has 1 aliphatic rings. The van der Waals surface area contributed by atoms with Gasteiger partial charge in [0.2, 0.25) is 0 Å². The summed E-state index contributed by atoms with van der Waals surface area (Å²) in [5.74, 6) is -0.176. The molecule has 0 aromatic carbocycles. The van der Waals surface area contributed by atoms with E-state index in [0.717, 1.165) is 30.7 Å². The second kappa shape index (κ2) is 7.48. The first-order valence-electron chi connectivity index (χ1n) is 6.86. The zero-order chi connectivity index (χ0) is 15.2. The number of amides is 1. The Labute approximate surface area is 127 Å². The average Bonchev–Trinajstić information content (AvgIpc) is 3.13. The van der Waals surface area contributed by atoms with Crippen molar-refractivity contribution in [3.8, 4) is 0 Å². The Balaban J connectivity index is 2.05. The van der Waals surface area contributed by atoms with Gasteiger partial charge in [-0.15, -0.1) is 0 Å². The molecule has 21 heavy (non-hydrogen) atoms. The second-order valence-electron chi connectivity index (χ2n) is 4.97. The number of thiophene rings is 1. The van der Waals surface area contributed by atoms with Crippen LogP contribution >= 0.6 is 11.3 Å². The predicted molar refractivity (Wildman–Crippen MR) is 79.8 cm³/mol. The molecule has 0 aliphatic carbocycles. The summed E-state index contributed by atoms with van der Waals surface area (Å²) in [6.45, 7) is 2.51. The molecule has 1 saturated heterocycles. The van der Waals surface area contributed by atoms with Gasteiger partial charge in [-0.2, -0.15) is 0 Å². The van der Waals surface area contributed by atoms with E-state index in [9.17, 15) is 14.9 Å². The van der Waals surface area contributed by atoms with Crippen molar-refractivity contribution in [2.75, 3.05) is 33.4 Å². The van der Waals surface area contributed by atoms with E-state index in [0.29, 0.717) is 31.3 Å². The molecule has 2 rings (SSSR count). The normalized spacial score (nSPS) is 17.9. The number of hydrogen-bond donors (Lipinski definition) is 1. The highest BCUT2D eigenvalue weighted by atomic mass is 32.1. The highest BCUT2D eigenvalue weighted by Gasteiger charge is 2.24. The lowest BCUT2D eigenvalue weighted by molar-refractivity contribution is -0.380. The van der Waals surface area contributed by atoms with Gasteiger partial charge >= 0.3 is 5.00 Å². The Morgan fingerprint density at radius 1 is 1.67 bits per heavy atom. The monoisotopic (exact) mass is 313 g/mol. The van der Waals surface area contributed by atoms with Crippen LogP contribution in [0.15, 0.2) is 11.4 Å². The maximum atomic E-state index is 12.5. The molecule has 8 heteroatoms. The maximum absolute atomic E-state index is 12.5.